The van der Waals surface area contributed by atoms with Crippen molar-refractivity contribution >= 4 is 44.8 Å². The number of nitrogens with one attached hydrogen (secondary N) is 1. The summed E-state index contributed by atoms with van der Waals surface area (Å²) in [6.45, 7) is 1.60. The topological polar surface area (TPSA) is 89.3 Å². The highest BCUT2D eigenvalue weighted by molar-refractivity contribution is 7.92. The SMILES string of the molecule is Cc1c(NS(=O)(=O)c2ccc(Cl)c(Cl)c2)cccc1C(N)=O. The summed E-state index contributed by atoms with van der Waals surface area (Å²) in [4.78, 5) is 11.3. The van der Waals surface area contributed by atoms with Crippen molar-refractivity contribution in [2.24, 2.45) is 5.73 Å². The molecule has 0 aliphatic heterocycles. The highest BCUT2D eigenvalue weighted by Gasteiger charge is 2.18. The Hall–Kier alpha value is -1.76. The van der Waals surface area contributed by atoms with Gasteiger partial charge in [0.1, 0.15) is 0 Å². The first-order chi connectivity index (χ1) is 10.2. The van der Waals surface area contributed by atoms with Gasteiger partial charge in [0, 0.05) is 5.56 Å². The molecule has 2 aromatic carbocycles. The van der Waals surface area contributed by atoms with Crippen LogP contribution in [0.15, 0.2) is 41.3 Å². The summed E-state index contributed by atoms with van der Waals surface area (Å²) in [6.07, 6.45) is 0. The van der Waals surface area contributed by atoms with Gasteiger partial charge in [0.15, 0.2) is 0 Å². The maximum Gasteiger partial charge on any atom is 0.261 e. The molecular weight excluding hydrogens is 347 g/mol. The minimum absolute atomic E-state index is 0.0363. The fourth-order valence-corrected chi connectivity index (χ4v) is 3.37. The molecule has 0 heterocycles. The number of rotatable bonds is 4. The lowest BCUT2D eigenvalue weighted by molar-refractivity contribution is 0.0999. The van der Waals surface area contributed by atoms with Crippen molar-refractivity contribution in [3.05, 3.63) is 57.6 Å². The number of amides is 1. The van der Waals surface area contributed by atoms with Crippen LogP contribution in [-0.2, 0) is 10.0 Å². The van der Waals surface area contributed by atoms with Crippen LogP contribution in [-0.4, -0.2) is 14.3 Å². The minimum Gasteiger partial charge on any atom is -0.366 e. The number of sulfonamides is 1. The smallest absolute Gasteiger partial charge is 0.261 e. The van der Waals surface area contributed by atoms with E-state index in [4.69, 9.17) is 28.9 Å². The Morgan fingerprint density at radius 3 is 2.41 bits per heavy atom. The third-order valence-corrected chi connectivity index (χ3v) is 5.15. The van der Waals surface area contributed by atoms with Crippen molar-refractivity contribution in [1.29, 1.82) is 0 Å². The molecule has 0 bridgehead atoms. The second kappa shape index (κ2) is 6.16. The molecule has 5 nitrogen and oxygen atoms in total. The average molecular weight is 359 g/mol. The number of nitrogens with two attached hydrogens (primary N) is 1. The molecule has 2 rings (SSSR count). The van der Waals surface area contributed by atoms with Crippen LogP contribution in [0.2, 0.25) is 10.0 Å². The van der Waals surface area contributed by atoms with E-state index in [0.29, 0.717) is 5.56 Å². The zero-order chi connectivity index (χ0) is 16.5. The normalized spacial score (nSPS) is 11.2. The summed E-state index contributed by atoms with van der Waals surface area (Å²) >= 11 is 11.6. The zero-order valence-electron chi connectivity index (χ0n) is 11.4. The number of benzene rings is 2. The largest absolute Gasteiger partial charge is 0.366 e. The average Bonchev–Trinajstić information content (AvgIpc) is 2.43. The van der Waals surface area contributed by atoms with Gasteiger partial charge in [-0.2, -0.15) is 0 Å². The van der Waals surface area contributed by atoms with E-state index in [0.717, 1.165) is 0 Å². The lowest BCUT2D eigenvalue weighted by Crippen LogP contribution is -2.17. The molecule has 0 fully saturated rings. The zero-order valence-corrected chi connectivity index (χ0v) is 13.8. The molecule has 0 spiro atoms. The Balaban J connectivity index is 2.43. The van der Waals surface area contributed by atoms with Gasteiger partial charge in [0.2, 0.25) is 5.91 Å². The third-order valence-electron chi connectivity index (χ3n) is 3.04. The van der Waals surface area contributed by atoms with Gasteiger partial charge in [-0.1, -0.05) is 29.3 Å². The predicted molar refractivity (Wildman–Crippen MR) is 87.0 cm³/mol. The number of anilines is 1. The highest BCUT2D eigenvalue weighted by atomic mass is 35.5. The minimum atomic E-state index is -3.86. The van der Waals surface area contributed by atoms with Gasteiger partial charge in [0.25, 0.3) is 10.0 Å². The van der Waals surface area contributed by atoms with E-state index in [1.54, 1.807) is 13.0 Å². The molecule has 0 radical (unpaired) electrons. The number of halogens is 2. The Bertz CT molecular complexity index is 851. The van der Waals surface area contributed by atoms with Crippen molar-refractivity contribution in [2.75, 3.05) is 4.72 Å². The van der Waals surface area contributed by atoms with Crippen molar-refractivity contribution in [3.8, 4) is 0 Å². The Morgan fingerprint density at radius 1 is 1.14 bits per heavy atom. The van der Waals surface area contributed by atoms with Gasteiger partial charge in [-0.25, -0.2) is 8.42 Å². The number of carbonyl (C=O) groups is 1. The summed E-state index contributed by atoms with van der Waals surface area (Å²) in [5.41, 5.74) is 6.20. The van der Waals surface area contributed by atoms with Crippen molar-refractivity contribution < 1.29 is 13.2 Å². The molecular formula is C14H12Cl2N2O3S. The molecule has 0 aromatic heterocycles. The van der Waals surface area contributed by atoms with Gasteiger partial charge in [-0.3, -0.25) is 9.52 Å². The van der Waals surface area contributed by atoms with Gasteiger partial charge < -0.3 is 5.73 Å². The highest BCUT2D eigenvalue weighted by Crippen LogP contribution is 2.27. The van der Waals surface area contributed by atoms with Crippen LogP contribution >= 0.6 is 23.2 Å². The molecule has 8 heteroatoms. The lowest BCUT2D eigenvalue weighted by Gasteiger charge is -2.12. The molecule has 3 N–H and O–H groups in total. The number of hydrogen-bond donors (Lipinski definition) is 2. The summed E-state index contributed by atoms with van der Waals surface area (Å²) in [6, 6.07) is 8.58. The Kier molecular flexibility index (Phi) is 4.65. The first-order valence-electron chi connectivity index (χ1n) is 6.09. The Labute approximate surface area is 138 Å². The van der Waals surface area contributed by atoms with Crippen LogP contribution in [0.3, 0.4) is 0 Å². The fraction of sp³-hybridized carbons (Fsp3) is 0.0714. The van der Waals surface area contributed by atoms with Crippen LogP contribution in [0.1, 0.15) is 15.9 Å². The molecule has 2 aromatic rings. The molecule has 116 valence electrons. The quantitative estimate of drug-likeness (QED) is 0.879. The van der Waals surface area contributed by atoms with Crippen LogP contribution in [0.5, 0.6) is 0 Å². The molecule has 0 atom stereocenters. The van der Waals surface area contributed by atoms with E-state index in [-0.39, 0.29) is 26.2 Å². The third kappa shape index (κ3) is 3.35. The lowest BCUT2D eigenvalue weighted by atomic mass is 10.1. The fourth-order valence-electron chi connectivity index (χ4n) is 1.86. The molecule has 0 aliphatic rings. The standard InChI is InChI=1S/C14H12Cl2N2O3S/c1-8-10(14(17)19)3-2-4-13(8)18-22(20,21)9-5-6-11(15)12(16)7-9/h2-7,18H,1H3,(H2,17,19). The first-order valence-corrected chi connectivity index (χ1v) is 8.33. The molecule has 0 saturated carbocycles. The van der Waals surface area contributed by atoms with Crippen molar-refractivity contribution in [2.45, 2.75) is 11.8 Å². The van der Waals surface area contributed by atoms with Crippen LogP contribution in [0, 0.1) is 6.92 Å². The van der Waals surface area contributed by atoms with E-state index in [1.807, 2.05) is 0 Å². The maximum absolute atomic E-state index is 12.4. The second-order valence-electron chi connectivity index (χ2n) is 4.52. The number of carbonyl (C=O) groups excluding carboxylic acids is 1. The summed E-state index contributed by atoms with van der Waals surface area (Å²) in [5.74, 6) is -0.631. The van der Waals surface area contributed by atoms with E-state index >= 15 is 0 Å². The van der Waals surface area contributed by atoms with E-state index in [2.05, 4.69) is 4.72 Å². The van der Waals surface area contributed by atoms with E-state index in [9.17, 15) is 13.2 Å². The van der Waals surface area contributed by atoms with Gasteiger partial charge in [-0.05, 0) is 42.8 Å². The molecule has 0 unspecified atom stereocenters. The van der Waals surface area contributed by atoms with Gasteiger partial charge >= 0.3 is 0 Å². The van der Waals surface area contributed by atoms with E-state index < -0.39 is 15.9 Å². The Morgan fingerprint density at radius 2 is 1.82 bits per heavy atom. The summed E-state index contributed by atoms with van der Waals surface area (Å²) in [7, 11) is -3.86. The monoisotopic (exact) mass is 358 g/mol. The van der Waals surface area contributed by atoms with Crippen LogP contribution in [0.25, 0.3) is 0 Å². The maximum atomic E-state index is 12.4. The van der Waals surface area contributed by atoms with Gasteiger partial charge in [-0.15, -0.1) is 0 Å². The first kappa shape index (κ1) is 16.6. The van der Waals surface area contributed by atoms with Crippen LogP contribution < -0.4 is 10.5 Å². The molecule has 1 amide bonds. The van der Waals surface area contributed by atoms with Gasteiger partial charge in [0.05, 0.1) is 20.6 Å². The summed E-state index contributed by atoms with van der Waals surface area (Å²) in [5, 5.41) is 0.389. The number of primary amides is 1. The van der Waals surface area contributed by atoms with Crippen molar-refractivity contribution in [3.63, 3.8) is 0 Å². The van der Waals surface area contributed by atoms with E-state index in [1.165, 1.54) is 30.3 Å². The molecule has 22 heavy (non-hydrogen) atoms. The predicted octanol–water partition coefficient (Wildman–Crippen LogP) is 3.20. The molecule has 0 aliphatic carbocycles. The van der Waals surface area contributed by atoms with Crippen LogP contribution in [0.4, 0.5) is 5.69 Å². The van der Waals surface area contributed by atoms with Crippen molar-refractivity contribution in [1.82, 2.24) is 0 Å². The second-order valence-corrected chi connectivity index (χ2v) is 7.02. The number of hydrogen-bond acceptors (Lipinski definition) is 3. The summed E-state index contributed by atoms with van der Waals surface area (Å²) < 4.78 is 27.1. The molecule has 0 saturated heterocycles.